The molecule has 2 aromatic rings. The van der Waals surface area contributed by atoms with Gasteiger partial charge in [0.25, 0.3) is 10.0 Å². The lowest BCUT2D eigenvalue weighted by Gasteiger charge is -2.12. The number of hydrazine groups is 1. The molecule has 0 spiro atoms. The zero-order valence-corrected chi connectivity index (χ0v) is 14.4. The van der Waals surface area contributed by atoms with E-state index in [-0.39, 0.29) is 15.6 Å². The minimum Gasteiger partial charge on any atom is -0.459 e. The molecule has 1 aromatic heterocycles. The Balaban J connectivity index is 2.14. The maximum atomic E-state index is 12.1. The lowest BCUT2D eigenvalue weighted by atomic mass is 10.4. The highest BCUT2D eigenvalue weighted by molar-refractivity contribution is 7.89. The van der Waals surface area contributed by atoms with Crippen LogP contribution in [0, 0.1) is 0 Å². The van der Waals surface area contributed by atoms with Gasteiger partial charge in [-0.1, -0.05) is 0 Å². The second-order valence-electron chi connectivity index (χ2n) is 4.80. The Morgan fingerprint density at radius 3 is 2.08 bits per heavy atom. The summed E-state index contributed by atoms with van der Waals surface area (Å²) in [7, 11) is -4.99. The van der Waals surface area contributed by atoms with Gasteiger partial charge in [-0.3, -0.25) is 10.2 Å². The van der Waals surface area contributed by atoms with Crippen molar-refractivity contribution in [1.29, 1.82) is 0 Å². The number of nitrogens with zero attached hydrogens (tertiary/aromatic N) is 1. The molecule has 0 aliphatic heterocycles. The van der Waals surface area contributed by atoms with Gasteiger partial charge in [0.05, 0.1) is 16.1 Å². The molecule has 0 aliphatic rings. The van der Waals surface area contributed by atoms with E-state index in [0.717, 1.165) is 28.6 Å². The molecule has 0 fully saturated rings. The molecular weight excluding hydrogens is 358 g/mol. The molecular formula is C13H15N3O6S2. The molecule has 1 amide bonds. The van der Waals surface area contributed by atoms with Crippen molar-refractivity contribution in [2.75, 3.05) is 14.1 Å². The Kier molecular flexibility index (Phi) is 5.08. The lowest BCUT2D eigenvalue weighted by Crippen LogP contribution is -2.41. The minimum absolute atomic E-state index is 0.0499. The van der Waals surface area contributed by atoms with E-state index in [4.69, 9.17) is 4.42 Å². The van der Waals surface area contributed by atoms with Crippen LogP contribution in [0.5, 0.6) is 0 Å². The van der Waals surface area contributed by atoms with E-state index >= 15 is 0 Å². The summed E-state index contributed by atoms with van der Waals surface area (Å²) in [5.74, 6) is -0.833. The maximum Gasteiger partial charge on any atom is 0.301 e. The Bertz CT molecular complexity index is 917. The fraction of sp³-hybridized carbons (Fsp3) is 0.154. The van der Waals surface area contributed by atoms with Gasteiger partial charge in [-0.15, -0.1) is 4.83 Å². The number of furan rings is 1. The Labute approximate surface area is 139 Å². The van der Waals surface area contributed by atoms with Crippen LogP contribution in [0.1, 0.15) is 10.6 Å². The molecule has 130 valence electrons. The summed E-state index contributed by atoms with van der Waals surface area (Å²) in [4.78, 5) is 13.3. The van der Waals surface area contributed by atoms with Gasteiger partial charge in [-0.25, -0.2) is 21.1 Å². The molecule has 0 radical (unpaired) electrons. The van der Waals surface area contributed by atoms with Gasteiger partial charge >= 0.3 is 5.91 Å². The van der Waals surface area contributed by atoms with Crippen LogP contribution >= 0.6 is 0 Å². The Morgan fingerprint density at radius 2 is 1.58 bits per heavy atom. The van der Waals surface area contributed by atoms with Crippen molar-refractivity contribution in [2.45, 2.75) is 9.79 Å². The zero-order chi connectivity index (χ0) is 18.0. The monoisotopic (exact) mass is 373 g/mol. The summed E-state index contributed by atoms with van der Waals surface area (Å²) >= 11 is 0. The van der Waals surface area contributed by atoms with Crippen molar-refractivity contribution < 1.29 is 26.0 Å². The third kappa shape index (κ3) is 3.82. The van der Waals surface area contributed by atoms with Crippen molar-refractivity contribution in [3.05, 3.63) is 48.4 Å². The number of sulfonamides is 2. The molecule has 0 aliphatic carbocycles. The number of hydrogen-bond acceptors (Lipinski definition) is 6. The molecule has 0 saturated heterocycles. The molecule has 11 heteroatoms. The van der Waals surface area contributed by atoms with Crippen molar-refractivity contribution >= 4 is 26.0 Å². The van der Waals surface area contributed by atoms with E-state index in [1.54, 1.807) is 0 Å². The predicted octanol–water partition coefficient (Wildman–Crippen LogP) is 0.153. The molecule has 0 bridgehead atoms. The molecule has 1 aromatic carbocycles. The molecule has 0 atom stereocenters. The second-order valence-corrected chi connectivity index (χ2v) is 8.63. The summed E-state index contributed by atoms with van der Waals surface area (Å²) in [5, 5.41) is 0. The number of carbonyl (C=O) groups excluding carboxylic acids is 1. The lowest BCUT2D eigenvalue weighted by molar-refractivity contribution is 0.0917. The second kappa shape index (κ2) is 6.73. The van der Waals surface area contributed by atoms with Gasteiger partial charge in [0.15, 0.2) is 5.76 Å². The summed E-state index contributed by atoms with van der Waals surface area (Å²) < 4.78 is 53.9. The van der Waals surface area contributed by atoms with Crippen LogP contribution in [0.25, 0.3) is 0 Å². The number of nitrogens with one attached hydrogen (secondary N) is 2. The van der Waals surface area contributed by atoms with Crippen molar-refractivity contribution in [3.63, 3.8) is 0 Å². The standard InChI is InChI=1S/C13H15N3O6S2/c1-16(2)24(20,21)11-7-5-10(6-8-11)23(18,19)15-14-13(17)12-4-3-9-22-12/h3-9,15H,1-2H3,(H,14,17). The van der Waals surface area contributed by atoms with Crippen LogP contribution in [0.2, 0.25) is 0 Å². The van der Waals surface area contributed by atoms with Crippen LogP contribution in [-0.2, 0) is 20.0 Å². The van der Waals surface area contributed by atoms with Gasteiger partial charge in [0, 0.05) is 14.1 Å². The number of amides is 1. The number of hydrogen-bond donors (Lipinski definition) is 2. The Hall–Kier alpha value is -2.21. The van der Waals surface area contributed by atoms with Gasteiger partial charge in [-0.2, -0.15) is 0 Å². The van der Waals surface area contributed by atoms with Crippen LogP contribution in [0.15, 0.2) is 56.9 Å². The minimum atomic E-state index is -4.06. The quantitative estimate of drug-likeness (QED) is 0.695. The van der Waals surface area contributed by atoms with Crippen molar-refractivity contribution in [2.24, 2.45) is 0 Å². The van der Waals surface area contributed by atoms with E-state index in [1.807, 2.05) is 10.3 Å². The summed E-state index contributed by atoms with van der Waals surface area (Å²) in [6.45, 7) is 0. The predicted molar refractivity (Wildman–Crippen MR) is 83.8 cm³/mol. The molecule has 24 heavy (non-hydrogen) atoms. The summed E-state index contributed by atoms with van der Waals surface area (Å²) in [6.07, 6.45) is 1.27. The first-order chi connectivity index (χ1) is 11.1. The first-order valence-corrected chi connectivity index (χ1v) is 9.45. The largest absolute Gasteiger partial charge is 0.459 e. The molecule has 9 nitrogen and oxygen atoms in total. The summed E-state index contributed by atoms with van der Waals surface area (Å²) in [6, 6.07) is 7.42. The van der Waals surface area contributed by atoms with E-state index in [0.29, 0.717) is 0 Å². The van der Waals surface area contributed by atoms with E-state index in [2.05, 4.69) is 0 Å². The molecule has 0 unspecified atom stereocenters. The van der Waals surface area contributed by atoms with Crippen molar-refractivity contribution in [1.82, 2.24) is 14.6 Å². The highest BCUT2D eigenvalue weighted by Crippen LogP contribution is 2.16. The van der Waals surface area contributed by atoms with Crippen LogP contribution in [0.3, 0.4) is 0 Å². The molecule has 0 saturated carbocycles. The van der Waals surface area contributed by atoms with Gasteiger partial charge in [0.1, 0.15) is 0 Å². The highest BCUT2D eigenvalue weighted by atomic mass is 32.2. The van der Waals surface area contributed by atoms with E-state index in [1.165, 1.54) is 32.5 Å². The van der Waals surface area contributed by atoms with E-state index < -0.39 is 26.0 Å². The topological polar surface area (TPSA) is 126 Å². The third-order valence-corrected chi connectivity index (χ3v) is 6.05. The van der Waals surface area contributed by atoms with Crippen LogP contribution in [-0.4, -0.2) is 41.1 Å². The molecule has 1 heterocycles. The van der Waals surface area contributed by atoms with E-state index in [9.17, 15) is 21.6 Å². The number of rotatable bonds is 6. The molecule has 2 rings (SSSR count). The summed E-state index contributed by atoms with van der Waals surface area (Å²) in [5.41, 5.74) is 1.99. The van der Waals surface area contributed by atoms with Crippen LogP contribution in [0.4, 0.5) is 0 Å². The van der Waals surface area contributed by atoms with Gasteiger partial charge < -0.3 is 4.42 Å². The fourth-order valence-electron chi connectivity index (χ4n) is 1.64. The Morgan fingerprint density at radius 1 is 1.00 bits per heavy atom. The maximum absolute atomic E-state index is 12.1. The molecule has 2 N–H and O–H groups in total. The zero-order valence-electron chi connectivity index (χ0n) is 12.8. The van der Waals surface area contributed by atoms with Gasteiger partial charge in [-0.05, 0) is 36.4 Å². The highest BCUT2D eigenvalue weighted by Gasteiger charge is 2.20. The first kappa shape index (κ1) is 18.1. The van der Waals surface area contributed by atoms with Gasteiger partial charge in [0.2, 0.25) is 10.0 Å². The SMILES string of the molecule is CN(C)S(=O)(=O)c1ccc(S(=O)(=O)NNC(=O)c2ccco2)cc1. The fourth-order valence-corrected chi connectivity index (χ4v) is 3.38. The van der Waals surface area contributed by atoms with Crippen molar-refractivity contribution in [3.8, 4) is 0 Å². The number of carbonyl (C=O) groups is 1. The number of benzene rings is 1. The average molecular weight is 373 g/mol. The average Bonchev–Trinajstić information content (AvgIpc) is 3.07. The smallest absolute Gasteiger partial charge is 0.301 e. The first-order valence-electron chi connectivity index (χ1n) is 6.53. The van der Waals surface area contributed by atoms with Crippen LogP contribution < -0.4 is 10.3 Å². The normalized spacial score (nSPS) is 12.3. The third-order valence-electron chi connectivity index (χ3n) is 2.96.